The van der Waals surface area contributed by atoms with Crippen molar-refractivity contribution >= 4 is 10.8 Å². The van der Waals surface area contributed by atoms with Gasteiger partial charge in [0.1, 0.15) is 0 Å². The first-order chi connectivity index (χ1) is 8.75. The Morgan fingerprint density at radius 3 is 2.32 bits per heavy atom. The predicted molar refractivity (Wildman–Crippen MR) is 79.1 cm³/mol. The largest absolute Gasteiger partial charge is 1.00 e. The summed E-state index contributed by atoms with van der Waals surface area (Å²) in [6, 6.07) is 21.8. The smallest absolute Gasteiger partial charge is 0.164 e. The Balaban J connectivity index is 0.00000133. The van der Waals surface area contributed by atoms with Crippen LogP contribution in [0.3, 0.4) is 0 Å². The molecule has 0 aliphatic rings. The Bertz CT molecular complexity index is 662. The molecule has 0 radical (unpaired) electrons. The zero-order valence-corrected chi connectivity index (χ0v) is 11.9. The molecule has 19 heavy (non-hydrogen) atoms. The molecule has 0 nitrogen and oxygen atoms in total. The summed E-state index contributed by atoms with van der Waals surface area (Å²) in [4.78, 5) is 0. The van der Waals surface area contributed by atoms with Crippen molar-refractivity contribution in [3.63, 3.8) is 0 Å². The van der Waals surface area contributed by atoms with Gasteiger partial charge < -0.3 is 0 Å². The van der Waals surface area contributed by atoms with E-state index in [0.29, 0.717) is 5.92 Å². The van der Waals surface area contributed by atoms with Gasteiger partial charge in [0.05, 0.1) is 0 Å². The third-order valence-corrected chi connectivity index (χ3v) is 3.52. The van der Waals surface area contributed by atoms with Gasteiger partial charge in [0.2, 0.25) is 0 Å². The number of benzene rings is 2. The quantitative estimate of drug-likeness (QED) is 0.476. The first-order valence-electron chi connectivity index (χ1n) is 6.50. The molecular weight excluding hydrogens is 223 g/mol. The van der Waals surface area contributed by atoms with Crippen molar-refractivity contribution in [2.24, 2.45) is 0 Å². The number of fused-ring (bicyclic) bond motifs is 1. The van der Waals surface area contributed by atoms with Crippen molar-refractivity contribution in [1.82, 2.24) is 0 Å². The Morgan fingerprint density at radius 1 is 0.895 bits per heavy atom. The van der Waals surface area contributed by atoms with Crippen LogP contribution in [0.5, 0.6) is 0 Å². The molecule has 0 unspecified atom stereocenters. The molecule has 0 amide bonds. The van der Waals surface area contributed by atoms with Crippen molar-refractivity contribution in [2.45, 2.75) is 19.8 Å². The van der Waals surface area contributed by atoms with Gasteiger partial charge in [0.15, 0.2) is 0 Å². The third kappa shape index (κ3) is 2.66. The van der Waals surface area contributed by atoms with Crippen LogP contribution in [-0.2, 0) is 0 Å². The van der Waals surface area contributed by atoms with Crippen LogP contribution in [-0.4, -0.2) is 0 Å². The fourth-order valence-electron chi connectivity index (χ4n) is 2.46. The molecule has 0 bridgehead atoms. The van der Waals surface area contributed by atoms with Gasteiger partial charge in [-0.1, -0.05) is 55.8 Å². The zero-order valence-electron chi connectivity index (χ0n) is 11.9. The van der Waals surface area contributed by atoms with Gasteiger partial charge >= 0.3 is 18.9 Å². The summed E-state index contributed by atoms with van der Waals surface area (Å²) in [5.41, 5.74) is 4.05. The topological polar surface area (TPSA) is 0 Å². The molecule has 0 aliphatic heterocycles. The van der Waals surface area contributed by atoms with Crippen molar-refractivity contribution in [2.75, 3.05) is 0 Å². The van der Waals surface area contributed by atoms with Gasteiger partial charge in [0, 0.05) is 0 Å². The minimum atomic E-state index is 0. The zero-order chi connectivity index (χ0) is 12.5. The van der Waals surface area contributed by atoms with Crippen LogP contribution in [0.15, 0.2) is 60.7 Å². The summed E-state index contributed by atoms with van der Waals surface area (Å²) < 4.78 is 0. The molecule has 0 spiro atoms. The molecule has 0 saturated heterocycles. The maximum atomic E-state index is 2.34. The van der Waals surface area contributed by atoms with E-state index < -0.39 is 0 Å². The van der Waals surface area contributed by atoms with Gasteiger partial charge in [-0.3, -0.25) is 0 Å². The molecule has 0 aliphatic carbocycles. The molecule has 3 aromatic carbocycles. The molecule has 0 saturated carbocycles. The molecule has 0 atom stereocenters. The van der Waals surface area contributed by atoms with Crippen LogP contribution < -0.4 is 18.9 Å². The molecule has 0 fully saturated rings. The summed E-state index contributed by atoms with van der Waals surface area (Å²) in [6.07, 6.45) is 0. The Morgan fingerprint density at radius 2 is 1.63 bits per heavy atom. The second-order valence-corrected chi connectivity index (χ2v) is 5.12. The summed E-state index contributed by atoms with van der Waals surface area (Å²) in [5.74, 6) is 0.584. The van der Waals surface area contributed by atoms with E-state index >= 15 is 0 Å². The van der Waals surface area contributed by atoms with Crippen molar-refractivity contribution in [1.29, 1.82) is 0 Å². The molecular formula is C18H17Li. The van der Waals surface area contributed by atoms with E-state index in [2.05, 4.69) is 74.5 Å². The summed E-state index contributed by atoms with van der Waals surface area (Å²) in [6.45, 7) is 4.49. The van der Waals surface area contributed by atoms with E-state index in [9.17, 15) is 0 Å². The van der Waals surface area contributed by atoms with Crippen molar-refractivity contribution in [3.05, 3.63) is 66.2 Å². The van der Waals surface area contributed by atoms with Crippen LogP contribution in [0.1, 0.15) is 25.3 Å². The SMILES string of the molecule is CC(C)c1cc2c(-c3ccccc3)cccc2[cH-]1.[Li+]. The van der Waals surface area contributed by atoms with Crippen LogP contribution in [0, 0.1) is 0 Å². The van der Waals surface area contributed by atoms with Crippen molar-refractivity contribution < 1.29 is 18.9 Å². The first-order valence-corrected chi connectivity index (χ1v) is 6.50. The molecule has 0 N–H and O–H groups in total. The molecule has 3 aromatic rings. The van der Waals surface area contributed by atoms with E-state index in [1.54, 1.807) is 0 Å². The van der Waals surface area contributed by atoms with E-state index in [-0.39, 0.29) is 18.9 Å². The summed E-state index contributed by atoms with van der Waals surface area (Å²) >= 11 is 0. The van der Waals surface area contributed by atoms with Crippen LogP contribution in [0.2, 0.25) is 0 Å². The normalized spacial score (nSPS) is 10.7. The molecule has 1 heteroatoms. The van der Waals surface area contributed by atoms with E-state index in [0.717, 1.165) is 0 Å². The van der Waals surface area contributed by atoms with Gasteiger partial charge in [-0.15, -0.1) is 34.5 Å². The van der Waals surface area contributed by atoms with Crippen LogP contribution >= 0.6 is 0 Å². The Labute approximate surface area is 127 Å². The molecule has 90 valence electrons. The Kier molecular flexibility index (Phi) is 4.25. The predicted octanol–water partition coefficient (Wildman–Crippen LogP) is 2.35. The second-order valence-electron chi connectivity index (χ2n) is 5.12. The maximum Gasteiger partial charge on any atom is 1.00 e. The first kappa shape index (κ1) is 14.1. The van der Waals surface area contributed by atoms with Crippen LogP contribution in [0.4, 0.5) is 0 Å². The van der Waals surface area contributed by atoms with E-state index in [1.807, 2.05) is 0 Å². The third-order valence-electron chi connectivity index (χ3n) is 3.52. The summed E-state index contributed by atoms with van der Waals surface area (Å²) in [5, 5.41) is 2.72. The van der Waals surface area contributed by atoms with Crippen LogP contribution in [0.25, 0.3) is 21.9 Å². The summed E-state index contributed by atoms with van der Waals surface area (Å²) in [7, 11) is 0. The molecule has 0 aromatic heterocycles. The van der Waals surface area contributed by atoms with E-state index in [1.165, 1.54) is 27.5 Å². The fourth-order valence-corrected chi connectivity index (χ4v) is 2.46. The minimum Gasteiger partial charge on any atom is -0.164 e. The number of hydrogen-bond donors (Lipinski definition) is 0. The monoisotopic (exact) mass is 240 g/mol. The second kappa shape index (κ2) is 5.74. The minimum absolute atomic E-state index is 0. The Hall–Kier alpha value is -1.35. The van der Waals surface area contributed by atoms with Crippen molar-refractivity contribution in [3.8, 4) is 11.1 Å². The standard InChI is InChI=1S/C18H17.Li/c1-13(2)16-11-15-9-6-10-17(18(15)12-16)14-7-4-3-5-8-14;/h3-13H,1-2H3;/q-1;+1. The molecule has 0 heterocycles. The number of hydrogen-bond acceptors (Lipinski definition) is 0. The van der Waals surface area contributed by atoms with Gasteiger partial charge in [0.25, 0.3) is 0 Å². The fraction of sp³-hybridized carbons (Fsp3) is 0.167. The van der Waals surface area contributed by atoms with E-state index in [4.69, 9.17) is 0 Å². The average Bonchev–Trinajstić information content (AvgIpc) is 2.83. The molecule has 3 rings (SSSR count). The number of rotatable bonds is 2. The van der Waals surface area contributed by atoms with Gasteiger partial charge in [-0.05, 0) is 11.5 Å². The average molecular weight is 240 g/mol. The maximum absolute atomic E-state index is 2.34. The van der Waals surface area contributed by atoms with Gasteiger partial charge in [-0.25, -0.2) is 0 Å². The van der Waals surface area contributed by atoms with Gasteiger partial charge in [-0.2, -0.15) is 6.07 Å².